The van der Waals surface area contributed by atoms with Crippen molar-refractivity contribution in [2.24, 2.45) is 0 Å². The van der Waals surface area contributed by atoms with Gasteiger partial charge >= 0.3 is 0 Å². The van der Waals surface area contributed by atoms with Crippen molar-refractivity contribution < 1.29 is 9.47 Å². The summed E-state index contributed by atoms with van der Waals surface area (Å²) in [7, 11) is 0. The zero-order valence-electron chi connectivity index (χ0n) is 14.5. The van der Waals surface area contributed by atoms with Crippen LogP contribution in [0, 0.1) is 0 Å². The van der Waals surface area contributed by atoms with Crippen LogP contribution in [0.5, 0.6) is 11.5 Å². The average molecular weight is 328 g/mol. The van der Waals surface area contributed by atoms with E-state index >= 15 is 0 Å². The number of aryl methyl sites for hydroxylation is 1. The number of rotatable bonds is 7. The fraction of sp³-hybridized carbons (Fsp3) is 0.316. The lowest BCUT2D eigenvalue weighted by atomic mass is 10.1. The summed E-state index contributed by atoms with van der Waals surface area (Å²) in [6.45, 7) is 10.2. The Morgan fingerprint density at radius 1 is 1.33 bits per heavy atom. The van der Waals surface area contributed by atoms with Crippen LogP contribution in [0.3, 0.4) is 0 Å². The Labute approximate surface area is 142 Å². The lowest BCUT2D eigenvalue weighted by Gasteiger charge is -2.18. The molecule has 128 valence electrons. The quantitative estimate of drug-likeness (QED) is 0.476. The SMILES string of the molecule is C=CCOc1c(OC(=CC)CC)c2ccc(N)cc2n(CC)c1=O. The van der Waals surface area contributed by atoms with Crippen molar-refractivity contribution in [3.63, 3.8) is 0 Å². The topological polar surface area (TPSA) is 66.5 Å². The molecule has 0 aliphatic heterocycles. The molecule has 0 bridgehead atoms. The van der Waals surface area contributed by atoms with Gasteiger partial charge in [0.25, 0.3) is 5.56 Å². The second-order valence-electron chi connectivity index (χ2n) is 5.29. The number of aromatic nitrogens is 1. The molecule has 0 aliphatic carbocycles. The maximum atomic E-state index is 12.9. The Hall–Kier alpha value is -2.69. The van der Waals surface area contributed by atoms with E-state index in [2.05, 4.69) is 6.58 Å². The van der Waals surface area contributed by atoms with Crippen LogP contribution >= 0.6 is 0 Å². The molecule has 2 aromatic rings. The van der Waals surface area contributed by atoms with Crippen LogP contribution in [0.15, 0.2) is 47.5 Å². The molecular formula is C19H24N2O3. The van der Waals surface area contributed by atoms with Gasteiger partial charge < -0.3 is 19.8 Å². The van der Waals surface area contributed by atoms with Crippen molar-refractivity contribution in [3.8, 4) is 11.5 Å². The summed E-state index contributed by atoms with van der Waals surface area (Å²) in [4.78, 5) is 12.9. The normalized spacial score (nSPS) is 11.5. The molecule has 0 saturated heterocycles. The number of ether oxygens (including phenoxy) is 2. The highest BCUT2D eigenvalue weighted by Gasteiger charge is 2.20. The first-order chi connectivity index (χ1) is 11.6. The number of anilines is 1. The molecule has 0 radical (unpaired) electrons. The first-order valence-electron chi connectivity index (χ1n) is 8.10. The highest BCUT2D eigenvalue weighted by atomic mass is 16.5. The van der Waals surface area contributed by atoms with Gasteiger partial charge in [0.05, 0.1) is 11.3 Å². The highest BCUT2D eigenvalue weighted by Crippen LogP contribution is 2.35. The Bertz CT molecular complexity index is 835. The van der Waals surface area contributed by atoms with Gasteiger partial charge in [-0.05, 0) is 38.1 Å². The largest absolute Gasteiger partial charge is 0.481 e. The van der Waals surface area contributed by atoms with Crippen molar-refractivity contribution in [3.05, 3.63) is 53.0 Å². The standard InChI is InChI=1S/C19H24N2O3/c1-5-11-23-18-17(24-14(6-2)7-3)15-10-9-13(20)12-16(15)21(8-4)19(18)22/h5-6,9-10,12H,1,7-8,11,20H2,2-4H3. The molecule has 0 saturated carbocycles. The lowest BCUT2D eigenvalue weighted by molar-refractivity contribution is 0.321. The van der Waals surface area contributed by atoms with Gasteiger partial charge in [-0.2, -0.15) is 0 Å². The van der Waals surface area contributed by atoms with E-state index in [4.69, 9.17) is 15.2 Å². The number of hydrogen-bond acceptors (Lipinski definition) is 4. The average Bonchev–Trinajstić information content (AvgIpc) is 2.58. The number of pyridine rings is 1. The minimum Gasteiger partial charge on any atom is -0.481 e. The molecule has 5 heteroatoms. The lowest BCUT2D eigenvalue weighted by Crippen LogP contribution is -2.23. The third kappa shape index (κ3) is 3.30. The van der Waals surface area contributed by atoms with Crippen LogP contribution in [-0.2, 0) is 6.54 Å². The predicted molar refractivity (Wildman–Crippen MR) is 98.7 cm³/mol. The van der Waals surface area contributed by atoms with Crippen molar-refractivity contribution >= 4 is 16.6 Å². The molecule has 0 fully saturated rings. The van der Waals surface area contributed by atoms with Crippen LogP contribution in [0.2, 0.25) is 0 Å². The van der Waals surface area contributed by atoms with E-state index in [1.165, 1.54) is 0 Å². The van der Waals surface area contributed by atoms with Crippen LogP contribution < -0.4 is 20.8 Å². The Kier molecular flexibility index (Phi) is 5.68. The van der Waals surface area contributed by atoms with E-state index in [1.807, 2.05) is 32.9 Å². The van der Waals surface area contributed by atoms with Gasteiger partial charge in [-0.25, -0.2) is 0 Å². The van der Waals surface area contributed by atoms with Gasteiger partial charge in [-0.15, -0.1) is 0 Å². The van der Waals surface area contributed by atoms with Gasteiger partial charge in [0.1, 0.15) is 6.61 Å². The van der Waals surface area contributed by atoms with Crippen molar-refractivity contribution in [1.82, 2.24) is 4.57 Å². The zero-order valence-corrected chi connectivity index (χ0v) is 14.5. The van der Waals surface area contributed by atoms with E-state index in [0.717, 1.165) is 16.7 Å². The molecule has 1 aromatic carbocycles. The summed E-state index contributed by atoms with van der Waals surface area (Å²) in [5, 5.41) is 0.789. The van der Waals surface area contributed by atoms with E-state index in [-0.39, 0.29) is 17.9 Å². The Morgan fingerprint density at radius 2 is 2.08 bits per heavy atom. The molecule has 0 unspecified atom stereocenters. The van der Waals surface area contributed by atoms with Crippen LogP contribution in [-0.4, -0.2) is 11.2 Å². The fourth-order valence-corrected chi connectivity index (χ4v) is 2.57. The molecule has 1 aromatic heterocycles. The molecule has 2 N–H and O–H groups in total. The van der Waals surface area contributed by atoms with Gasteiger partial charge in [0.15, 0.2) is 5.75 Å². The van der Waals surface area contributed by atoms with Crippen LogP contribution in [0.4, 0.5) is 5.69 Å². The summed E-state index contributed by atoms with van der Waals surface area (Å²) < 4.78 is 13.3. The van der Waals surface area contributed by atoms with Crippen LogP contribution in [0.1, 0.15) is 27.2 Å². The third-order valence-electron chi connectivity index (χ3n) is 3.77. The molecule has 0 spiro atoms. The van der Waals surface area contributed by atoms with E-state index < -0.39 is 0 Å². The number of hydrogen-bond donors (Lipinski definition) is 1. The highest BCUT2D eigenvalue weighted by molar-refractivity contribution is 5.90. The molecule has 0 atom stereocenters. The summed E-state index contributed by atoms with van der Waals surface area (Å²) >= 11 is 0. The molecular weight excluding hydrogens is 304 g/mol. The summed E-state index contributed by atoms with van der Waals surface area (Å²) in [5.74, 6) is 1.39. The van der Waals surface area contributed by atoms with E-state index in [0.29, 0.717) is 24.4 Å². The maximum Gasteiger partial charge on any atom is 0.297 e. The van der Waals surface area contributed by atoms with E-state index in [1.54, 1.807) is 22.8 Å². The molecule has 0 amide bonds. The summed E-state index contributed by atoms with van der Waals surface area (Å²) in [5.41, 5.74) is 7.00. The van der Waals surface area contributed by atoms with Gasteiger partial charge in [-0.3, -0.25) is 4.79 Å². The minimum atomic E-state index is -0.237. The number of nitrogens with zero attached hydrogens (tertiary/aromatic N) is 1. The Balaban J connectivity index is 2.83. The second kappa shape index (κ2) is 7.73. The zero-order chi connectivity index (χ0) is 17.7. The van der Waals surface area contributed by atoms with Gasteiger partial charge in [-0.1, -0.05) is 19.6 Å². The second-order valence-corrected chi connectivity index (χ2v) is 5.29. The van der Waals surface area contributed by atoms with Crippen molar-refractivity contribution in [2.75, 3.05) is 12.3 Å². The fourth-order valence-electron chi connectivity index (χ4n) is 2.57. The van der Waals surface area contributed by atoms with E-state index in [9.17, 15) is 4.79 Å². The molecule has 0 aliphatic rings. The summed E-state index contributed by atoms with van der Waals surface area (Å²) in [6, 6.07) is 5.43. The smallest absolute Gasteiger partial charge is 0.297 e. The number of benzene rings is 1. The number of nitrogens with two attached hydrogens (primary N) is 1. The number of allylic oxidation sites excluding steroid dienone is 2. The minimum absolute atomic E-state index is 0.196. The third-order valence-corrected chi connectivity index (χ3v) is 3.77. The number of nitrogen functional groups attached to an aromatic ring is 1. The Morgan fingerprint density at radius 3 is 2.67 bits per heavy atom. The first kappa shape index (κ1) is 17.7. The van der Waals surface area contributed by atoms with Crippen molar-refractivity contribution in [1.29, 1.82) is 0 Å². The number of fused-ring (bicyclic) bond motifs is 1. The summed E-state index contributed by atoms with van der Waals surface area (Å²) in [6.07, 6.45) is 4.19. The molecule has 5 nitrogen and oxygen atoms in total. The van der Waals surface area contributed by atoms with Crippen molar-refractivity contribution in [2.45, 2.75) is 33.7 Å². The molecule has 2 rings (SSSR count). The first-order valence-corrected chi connectivity index (χ1v) is 8.10. The van der Waals surface area contributed by atoms with Gasteiger partial charge in [0.2, 0.25) is 5.75 Å². The molecule has 1 heterocycles. The van der Waals surface area contributed by atoms with Gasteiger partial charge in [0, 0.05) is 24.0 Å². The maximum absolute atomic E-state index is 12.9. The predicted octanol–water partition coefficient (Wildman–Crippen LogP) is 3.86. The van der Waals surface area contributed by atoms with Crippen LogP contribution in [0.25, 0.3) is 10.9 Å². The molecule has 24 heavy (non-hydrogen) atoms. The monoisotopic (exact) mass is 328 g/mol.